The second kappa shape index (κ2) is 6.56. The van der Waals surface area contributed by atoms with Gasteiger partial charge in [-0.1, -0.05) is 31.2 Å². The third-order valence-corrected chi connectivity index (χ3v) is 5.93. The largest absolute Gasteiger partial charge is 0.379 e. The minimum atomic E-state index is 0.559. The van der Waals surface area contributed by atoms with Gasteiger partial charge in [-0.05, 0) is 62.9 Å². The van der Waals surface area contributed by atoms with Crippen LogP contribution in [0.15, 0.2) is 42.6 Å². The zero-order valence-electron chi connectivity index (χ0n) is 14.7. The molecule has 0 spiro atoms. The Morgan fingerprint density at radius 2 is 1.83 bits per heavy atom. The van der Waals surface area contributed by atoms with Gasteiger partial charge in [0.1, 0.15) is 0 Å². The summed E-state index contributed by atoms with van der Waals surface area (Å²) in [5.41, 5.74) is 4.75. The summed E-state index contributed by atoms with van der Waals surface area (Å²) in [5.74, 6) is 0.811. The van der Waals surface area contributed by atoms with Crippen LogP contribution in [0, 0.1) is 5.92 Å². The van der Waals surface area contributed by atoms with Gasteiger partial charge in [0.25, 0.3) is 0 Å². The molecule has 1 aromatic carbocycles. The number of nitrogens with zero attached hydrogens (tertiary/aromatic N) is 2. The Morgan fingerprint density at radius 1 is 1.08 bits per heavy atom. The van der Waals surface area contributed by atoms with Gasteiger partial charge in [0, 0.05) is 17.6 Å². The maximum atomic E-state index is 4.68. The number of anilines is 1. The summed E-state index contributed by atoms with van der Waals surface area (Å²) < 4.78 is 0. The summed E-state index contributed by atoms with van der Waals surface area (Å²) in [6.07, 6.45) is 5.73. The van der Waals surface area contributed by atoms with E-state index in [1.54, 1.807) is 0 Å². The highest BCUT2D eigenvalue weighted by molar-refractivity contribution is 5.61. The highest BCUT2D eigenvalue weighted by Gasteiger charge is 2.39. The van der Waals surface area contributed by atoms with E-state index in [0.29, 0.717) is 12.1 Å². The molecule has 0 aliphatic carbocycles. The number of pyridine rings is 1. The molecule has 1 aromatic heterocycles. The third kappa shape index (κ3) is 2.93. The first-order chi connectivity index (χ1) is 11.7. The second-order valence-electron chi connectivity index (χ2n) is 7.27. The fourth-order valence-corrected chi connectivity index (χ4v) is 4.30. The zero-order valence-corrected chi connectivity index (χ0v) is 14.7. The van der Waals surface area contributed by atoms with E-state index in [9.17, 15) is 0 Å². The van der Waals surface area contributed by atoms with Crippen molar-refractivity contribution in [2.45, 2.75) is 45.2 Å². The number of rotatable bonds is 4. The molecule has 3 nitrogen and oxygen atoms in total. The quantitative estimate of drug-likeness (QED) is 0.914. The van der Waals surface area contributed by atoms with Crippen LogP contribution in [-0.2, 0) is 6.42 Å². The van der Waals surface area contributed by atoms with Gasteiger partial charge in [-0.2, -0.15) is 0 Å². The number of nitrogens with one attached hydrogen (secondary N) is 1. The van der Waals surface area contributed by atoms with Crippen molar-refractivity contribution in [1.82, 2.24) is 9.88 Å². The van der Waals surface area contributed by atoms with Crippen LogP contribution in [0.4, 0.5) is 5.69 Å². The van der Waals surface area contributed by atoms with Crippen molar-refractivity contribution in [2.75, 3.05) is 18.4 Å². The van der Waals surface area contributed by atoms with Crippen LogP contribution in [0.2, 0.25) is 0 Å². The Kier molecular flexibility index (Phi) is 4.28. The zero-order chi connectivity index (χ0) is 16.5. The molecule has 0 amide bonds. The number of hydrogen-bond acceptors (Lipinski definition) is 3. The molecule has 0 saturated carbocycles. The lowest BCUT2D eigenvalue weighted by Gasteiger charge is -2.50. The summed E-state index contributed by atoms with van der Waals surface area (Å²) >= 11 is 0. The Morgan fingerprint density at radius 3 is 2.42 bits per heavy atom. The van der Waals surface area contributed by atoms with Gasteiger partial charge in [-0.25, -0.2) is 0 Å². The van der Waals surface area contributed by atoms with Gasteiger partial charge in [0.05, 0.1) is 17.6 Å². The molecule has 0 unspecified atom stereocenters. The van der Waals surface area contributed by atoms with Gasteiger partial charge in [-0.15, -0.1) is 0 Å². The Bertz CT molecular complexity index is 667. The summed E-state index contributed by atoms with van der Waals surface area (Å²) in [5, 5.41) is 3.75. The SMILES string of the molecule is CCc1ccc(-c2ccc(N[C@@H]3C4CCN(CC4)[C@@H]3C)cn2)cc1. The predicted molar refractivity (Wildman–Crippen MR) is 100 cm³/mol. The van der Waals surface area contributed by atoms with Crippen molar-refractivity contribution in [3.05, 3.63) is 48.2 Å². The monoisotopic (exact) mass is 321 g/mol. The molecule has 2 aromatic rings. The van der Waals surface area contributed by atoms with Crippen molar-refractivity contribution < 1.29 is 0 Å². The molecular formula is C21H27N3. The fourth-order valence-electron chi connectivity index (χ4n) is 4.30. The molecule has 1 N–H and O–H groups in total. The van der Waals surface area contributed by atoms with E-state index in [-0.39, 0.29) is 0 Å². The first-order valence-corrected chi connectivity index (χ1v) is 9.30. The molecule has 3 aliphatic rings. The number of piperidine rings is 3. The number of benzene rings is 1. The van der Waals surface area contributed by atoms with Gasteiger partial charge in [-0.3, -0.25) is 9.88 Å². The lowest BCUT2D eigenvalue weighted by molar-refractivity contribution is 0.0458. The van der Waals surface area contributed by atoms with E-state index in [0.717, 1.165) is 23.7 Å². The number of hydrogen-bond donors (Lipinski definition) is 1. The Labute approximate surface area is 145 Å². The number of aromatic nitrogens is 1. The smallest absolute Gasteiger partial charge is 0.0703 e. The molecular weight excluding hydrogens is 294 g/mol. The minimum absolute atomic E-state index is 0.559. The molecule has 3 aliphatic heterocycles. The molecule has 24 heavy (non-hydrogen) atoms. The average Bonchev–Trinajstić information content (AvgIpc) is 2.66. The highest BCUT2D eigenvalue weighted by Crippen LogP contribution is 2.34. The molecule has 3 heteroatoms. The standard InChI is InChI=1S/C21H27N3/c1-3-16-4-6-17(7-5-16)20-9-8-19(14-22-20)23-21-15(2)24-12-10-18(21)11-13-24/h4-9,14-15,18,21,23H,3,10-13H2,1-2H3/t15-,21+/m1/s1. The van der Waals surface area contributed by atoms with E-state index in [1.165, 1.54) is 37.1 Å². The Hall–Kier alpha value is -1.87. The van der Waals surface area contributed by atoms with E-state index in [4.69, 9.17) is 0 Å². The molecule has 126 valence electrons. The maximum absolute atomic E-state index is 4.68. The third-order valence-electron chi connectivity index (χ3n) is 5.93. The lowest BCUT2D eigenvalue weighted by atomic mass is 9.79. The van der Waals surface area contributed by atoms with Crippen LogP contribution in [0.3, 0.4) is 0 Å². The van der Waals surface area contributed by atoms with Gasteiger partial charge in [0.2, 0.25) is 0 Å². The fraction of sp³-hybridized carbons (Fsp3) is 0.476. The topological polar surface area (TPSA) is 28.2 Å². The van der Waals surface area contributed by atoms with Crippen LogP contribution in [0.1, 0.15) is 32.3 Å². The van der Waals surface area contributed by atoms with Crippen molar-refractivity contribution in [1.29, 1.82) is 0 Å². The van der Waals surface area contributed by atoms with Gasteiger partial charge < -0.3 is 5.32 Å². The molecule has 3 saturated heterocycles. The first kappa shape index (κ1) is 15.6. The highest BCUT2D eigenvalue weighted by atomic mass is 15.2. The molecule has 3 fully saturated rings. The molecule has 0 radical (unpaired) electrons. The van der Waals surface area contributed by atoms with Gasteiger partial charge in [0.15, 0.2) is 0 Å². The number of fused-ring (bicyclic) bond motifs is 3. The second-order valence-corrected chi connectivity index (χ2v) is 7.27. The summed E-state index contributed by atoms with van der Waals surface area (Å²) in [7, 11) is 0. The first-order valence-electron chi connectivity index (χ1n) is 9.30. The van der Waals surface area contributed by atoms with Crippen LogP contribution >= 0.6 is 0 Å². The maximum Gasteiger partial charge on any atom is 0.0703 e. The molecule has 2 atom stereocenters. The van der Waals surface area contributed by atoms with Crippen LogP contribution in [0.25, 0.3) is 11.3 Å². The summed E-state index contributed by atoms with van der Waals surface area (Å²) in [6, 6.07) is 14.2. The van der Waals surface area contributed by atoms with Crippen LogP contribution in [0.5, 0.6) is 0 Å². The predicted octanol–water partition coefficient (Wildman–Crippen LogP) is 4.21. The van der Waals surface area contributed by atoms with Crippen LogP contribution in [-0.4, -0.2) is 35.1 Å². The van der Waals surface area contributed by atoms with Crippen molar-refractivity contribution in [3.8, 4) is 11.3 Å². The van der Waals surface area contributed by atoms with Crippen molar-refractivity contribution >= 4 is 5.69 Å². The lowest BCUT2D eigenvalue weighted by Crippen LogP contribution is -2.59. The molecule has 4 heterocycles. The van der Waals surface area contributed by atoms with Crippen LogP contribution < -0.4 is 5.32 Å². The van der Waals surface area contributed by atoms with Gasteiger partial charge >= 0.3 is 0 Å². The number of aryl methyl sites for hydroxylation is 1. The average molecular weight is 321 g/mol. The molecule has 5 rings (SSSR count). The Balaban J connectivity index is 1.47. The van der Waals surface area contributed by atoms with Crippen molar-refractivity contribution in [2.24, 2.45) is 5.92 Å². The summed E-state index contributed by atoms with van der Waals surface area (Å²) in [4.78, 5) is 7.30. The van der Waals surface area contributed by atoms with E-state index < -0.39 is 0 Å². The van der Waals surface area contributed by atoms with E-state index in [2.05, 4.69) is 65.4 Å². The van der Waals surface area contributed by atoms with E-state index >= 15 is 0 Å². The normalized spacial score (nSPS) is 28.8. The van der Waals surface area contributed by atoms with Crippen molar-refractivity contribution in [3.63, 3.8) is 0 Å². The molecule has 2 bridgehead atoms. The summed E-state index contributed by atoms with van der Waals surface area (Å²) in [6.45, 7) is 7.09. The minimum Gasteiger partial charge on any atom is -0.379 e. The van der Waals surface area contributed by atoms with E-state index in [1.807, 2.05) is 6.20 Å².